The van der Waals surface area contributed by atoms with E-state index in [9.17, 15) is 19.8 Å². The number of carbonyl (C=O) groups excluding carboxylic acids is 1. The zero-order chi connectivity index (χ0) is 17.9. The lowest BCUT2D eigenvalue weighted by Gasteiger charge is -2.36. The highest BCUT2D eigenvalue weighted by Crippen LogP contribution is 2.30. The lowest BCUT2D eigenvalue weighted by Crippen LogP contribution is -2.53. The number of amides is 1. The number of aliphatic hydroxyl groups is 1. The summed E-state index contributed by atoms with van der Waals surface area (Å²) < 4.78 is 5.40. The van der Waals surface area contributed by atoms with Crippen molar-refractivity contribution in [1.82, 2.24) is 10.0 Å². The number of hydrazine groups is 1. The molecule has 130 valence electrons. The molecule has 0 saturated carbocycles. The predicted octanol–water partition coefficient (Wildman–Crippen LogP) is 1.86. The molecule has 2 N–H and O–H groups in total. The van der Waals surface area contributed by atoms with Crippen LogP contribution in [0.15, 0.2) is 36.0 Å². The van der Waals surface area contributed by atoms with E-state index in [0.29, 0.717) is 6.42 Å². The van der Waals surface area contributed by atoms with Crippen molar-refractivity contribution in [2.24, 2.45) is 5.92 Å². The molecule has 1 aromatic carbocycles. The first-order valence-corrected chi connectivity index (χ1v) is 7.80. The summed E-state index contributed by atoms with van der Waals surface area (Å²) in [6.07, 6.45) is -2.81. The molecule has 7 heteroatoms. The molecule has 0 spiro atoms. The molecule has 1 fully saturated rings. The van der Waals surface area contributed by atoms with Crippen molar-refractivity contribution >= 4 is 12.0 Å². The Kier molecular flexibility index (Phi) is 5.75. The normalized spacial score (nSPS) is 24.0. The van der Waals surface area contributed by atoms with Crippen LogP contribution in [-0.4, -0.2) is 50.8 Å². The summed E-state index contributed by atoms with van der Waals surface area (Å²) in [6.45, 7) is 5.05. The molecular weight excluding hydrogens is 312 g/mol. The van der Waals surface area contributed by atoms with E-state index in [1.165, 1.54) is 5.01 Å². The summed E-state index contributed by atoms with van der Waals surface area (Å²) in [4.78, 5) is 23.1. The summed E-state index contributed by atoms with van der Waals surface area (Å²) in [5.74, 6) is 1.37. The van der Waals surface area contributed by atoms with Gasteiger partial charge < -0.3 is 14.9 Å². The van der Waals surface area contributed by atoms with Crippen LogP contribution in [0.5, 0.6) is 0 Å². The number of rotatable bonds is 5. The van der Waals surface area contributed by atoms with Crippen molar-refractivity contribution in [2.45, 2.75) is 45.8 Å². The third kappa shape index (κ3) is 3.66. The molecule has 0 bridgehead atoms. The van der Waals surface area contributed by atoms with Gasteiger partial charge in [-0.25, -0.2) is 9.59 Å². The number of carbonyl (C=O) groups is 1. The Balaban J connectivity index is 2.38. The average Bonchev–Trinajstić information content (AvgIpc) is 2.79. The monoisotopic (exact) mass is 334 g/mol. The van der Waals surface area contributed by atoms with E-state index in [0.717, 1.165) is 10.6 Å². The van der Waals surface area contributed by atoms with Gasteiger partial charge in [0.2, 0.25) is 0 Å². The summed E-state index contributed by atoms with van der Waals surface area (Å²) >= 11 is 0. The molecule has 3 unspecified atom stereocenters. The first kappa shape index (κ1) is 18.2. The van der Waals surface area contributed by atoms with Crippen LogP contribution in [0.2, 0.25) is 0 Å². The van der Waals surface area contributed by atoms with Crippen LogP contribution < -0.4 is 0 Å². The quantitative estimate of drug-likeness (QED) is 0.799. The fourth-order valence-electron chi connectivity index (χ4n) is 2.85. The van der Waals surface area contributed by atoms with Gasteiger partial charge in [0, 0.05) is 5.92 Å². The Hall–Kier alpha value is -2.18. The van der Waals surface area contributed by atoms with Crippen molar-refractivity contribution in [3.63, 3.8) is 0 Å². The minimum Gasteiger partial charge on any atom is -0.464 e. The topological polar surface area (TPSA) is 90.3 Å². The van der Waals surface area contributed by atoms with Gasteiger partial charge in [-0.1, -0.05) is 44.2 Å². The molecule has 24 heavy (non-hydrogen) atoms. The lowest BCUT2D eigenvalue weighted by atomic mass is 10.1. The molecule has 1 aromatic rings. The Labute approximate surface area is 140 Å². The summed E-state index contributed by atoms with van der Waals surface area (Å²) in [7, 11) is 0. The smallest absolute Gasteiger partial charge is 0.427 e. The largest absolute Gasteiger partial charge is 0.464 e. The fourth-order valence-corrected chi connectivity index (χ4v) is 2.85. The van der Waals surface area contributed by atoms with Gasteiger partial charge in [0.15, 0.2) is 6.29 Å². The molecule has 0 aromatic heterocycles. The number of carboxylic acid groups (broad SMARTS) is 1. The van der Waals surface area contributed by atoms with Gasteiger partial charge in [-0.15, -0.1) is 0 Å². The second-order valence-electron chi connectivity index (χ2n) is 6.00. The fraction of sp³-hybridized carbons (Fsp3) is 0.471. The molecule has 3 atom stereocenters. The first-order chi connectivity index (χ1) is 11.4. The Morgan fingerprint density at radius 1 is 1.38 bits per heavy atom. The van der Waals surface area contributed by atoms with Gasteiger partial charge in [0.05, 0.1) is 6.04 Å². The molecule has 1 aliphatic heterocycles. The Morgan fingerprint density at radius 2 is 2.00 bits per heavy atom. The van der Waals surface area contributed by atoms with E-state index >= 15 is 0 Å². The number of hydrogen-bond acceptors (Lipinski definition) is 5. The summed E-state index contributed by atoms with van der Waals surface area (Å²) in [5, 5.41) is 22.1. The lowest BCUT2D eigenvalue weighted by molar-refractivity contribution is -0.107. The number of benzene rings is 1. The van der Waals surface area contributed by atoms with E-state index in [2.05, 4.69) is 0 Å². The van der Waals surface area contributed by atoms with E-state index < -0.39 is 24.7 Å². The van der Waals surface area contributed by atoms with Gasteiger partial charge in [-0.3, -0.25) is 0 Å². The number of allylic oxidation sites excluding steroid dienone is 1. The third-order valence-electron chi connectivity index (χ3n) is 3.96. The molecule has 7 nitrogen and oxygen atoms in total. The van der Waals surface area contributed by atoms with E-state index in [4.69, 9.17) is 4.74 Å². The summed E-state index contributed by atoms with van der Waals surface area (Å²) in [5.41, 5.74) is 0.904. The van der Waals surface area contributed by atoms with Gasteiger partial charge in [0.25, 0.3) is 0 Å². The van der Waals surface area contributed by atoms with Crippen molar-refractivity contribution in [3.8, 4) is 0 Å². The zero-order valence-electron chi connectivity index (χ0n) is 13.9. The molecule has 1 aliphatic rings. The number of aliphatic hydroxyl groups excluding tert-OH is 1. The molecule has 0 radical (unpaired) electrons. The maximum absolute atomic E-state index is 11.8. The van der Waals surface area contributed by atoms with Crippen LogP contribution in [0.1, 0.15) is 26.3 Å². The van der Waals surface area contributed by atoms with Crippen LogP contribution in [0.25, 0.3) is 0 Å². The van der Waals surface area contributed by atoms with Crippen LogP contribution >= 0.6 is 0 Å². The molecule has 2 rings (SSSR count). The molecule has 0 aliphatic carbocycles. The van der Waals surface area contributed by atoms with E-state index in [1.807, 2.05) is 30.3 Å². The van der Waals surface area contributed by atoms with Crippen LogP contribution in [0.4, 0.5) is 4.79 Å². The molecule has 1 amide bonds. The standard InChI is InChI=1S/C17H22N2O5/c1-11(2)15(10-20)19(17(22)23)18-12(3)24-16(21)14(18)9-13-7-5-4-6-8-13/h4-8,11-12,14,16,21H,9H2,1-3H3,(H,22,23). The summed E-state index contributed by atoms with van der Waals surface area (Å²) in [6, 6.07) is 8.74. The van der Waals surface area contributed by atoms with E-state index in [-0.39, 0.29) is 11.6 Å². The average molecular weight is 334 g/mol. The highest BCUT2D eigenvalue weighted by molar-refractivity contribution is 5.71. The van der Waals surface area contributed by atoms with Crippen LogP contribution in [0, 0.1) is 5.92 Å². The SMILES string of the molecule is CC(C)C(=C=O)N(C(=O)O)N1C(C)OC(O)C1Cc1ccccc1. The second-order valence-corrected chi connectivity index (χ2v) is 6.00. The van der Waals surface area contributed by atoms with Crippen molar-refractivity contribution in [3.05, 3.63) is 41.6 Å². The Morgan fingerprint density at radius 3 is 2.50 bits per heavy atom. The first-order valence-electron chi connectivity index (χ1n) is 7.80. The van der Waals surface area contributed by atoms with Crippen LogP contribution in [-0.2, 0) is 16.0 Å². The molecular formula is C17H22N2O5. The highest BCUT2D eigenvalue weighted by Gasteiger charge is 2.46. The maximum Gasteiger partial charge on any atom is 0.427 e. The zero-order valence-corrected chi connectivity index (χ0v) is 13.9. The molecule has 1 saturated heterocycles. The predicted molar refractivity (Wildman–Crippen MR) is 86.2 cm³/mol. The van der Waals surface area contributed by atoms with Gasteiger partial charge in [-0.05, 0) is 18.9 Å². The minimum atomic E-state index is -1.32. The number of nitrogens with zero attached hydrogens (tertiary/aromatic N) is 2. The van der Waals surface area contributed by atoms with Crippen molar-refractivity contribution in [1.29, 1.82) is 0 Å². The molecule has 1 heterocycles. The van der Waals surface area contributed by atoms with Crippen molar-refractivity contribution in [2.75, 3.05) is 0 Å². The number of hydrogen-bond donors (Lipinski definition) is 2. The maximum atomic E-state index is 11.8. The van der Waals surface area contributed by atoms with Crippen molar-refractivity contribution < 1.29 is 24.5 Å². The van der Waals surface area contributed by atoms with E-state index in [1.54, 1.807) is 26.7 Å². The van der Waals surface area contributed by atoms with Gasteiger partial charge >= 0.3 is 6.09 Å². The van der Waals surface area contributed by atoms with Crippen LogP contribution in [0.3, 0.4) is 0 Å². The third-order valence-corrected chi connectivity index (χ3v) is 3.96. The van der Waals surface area contributed by atoms with Gasteiger partial charge in [0.1, 0.15) is 17.9 Å². The Bertz CT molecular complexity index is 627. The van der Waals surface area contributed by atoms with Gasteiger partial charge in [-0.2, -0.15) is 10.0 Å². The minimum absolute atomic E-state index is 0.0230. The second kappa shape index (κ2) is 7.59. The highest BCUT2D eigenvalue weighted by atomic mass is 16.6. The number of ether oxygens (including phenoxy) is 1.